The Morgan fingerprint density at radius 3 is 2.57 bits per heavy atom. The van der Waals surface area contributed by atoms with Gasteiger partial charge in [0, 0.05) is 5.41 Å². The number of rotatable bonds is 2. The molecule has 1 aromatic carbocycles. The van der Waals surface area contributed by atoms with Crippen molar-refractivity contribution in [1.29, 1.82) is 0 Å². The molecule has 3 fully saturated rings. The predicted octanol–water partition coefficient (Wildman–Crippen LogP) is 6.13. The van der Waals surface area contributed by atoms with Gasteiger partial charge < -0.3 is 5.11 Å². The van der Waals surface area contributed by atoms with E-state index in [2.05, 4.69) is 50.3 Å². The van der Waals surface area contributed by atoms with Gasteiger partial charge in [-0.15, -0.1) is 0 Å². The van der Waals surface area contributed by atoms with E-state index < -0.39 is 0 Å². The molecule has 0 saturated heterocycles. The third kappa shape index (κ3) is 3.07. The van der Waals surface area contributed by atoms with Crippen LogP contribution in [0.3, 0.4) is 0 Å². The first kappa shape index (κ1) is 20.0. The lowest BCUT2D eigenvalue weighted by Gasteiger charge is -2.56. The molecule has 1 aromatic rings. The summed E-state index contributed by atoms with van der Waals surface area (Å²) in [7, 11) is 0. The number of aliphatic hydroxyl groups excluding tert-OH is 1. The van der Waals surface area contributed by atoms with Gasteiger partial charge in [-0.05, 0) is 79.3 Å². The van der Waals surface area contributed by atoms with E-state index in [1.807, 2.05) is 18.2 Å². The molecule has 4 aliphatic carbocycles. The molecule has 6 atom stereocenters. The Morgan fingerprint density at radius 2 is 1.77 bits per heavy atom. The molecule has 0 aliphatic heterocycles. The van der Waals surface area contributed by atoms with E-state index in [1.54, 1.807) is 0 Å². The number of benzene rings is 1. The van der Waals surface area contributed by atoms with Crippen molar-refractivity contribution in [2.45, 2.75) is 64.9 Å². The fraction of sp³-hybridized carbons (Fsp3) is 0.536. The summed E-state index contributed by atoms with van der Waals surface area (Å²) in [4.78, 5) is 13.4. The Labute approximate surface area is 180 Å². The van der Waals surface area contributed by atoms with E-state index in [9.17, 15) is 9.90 Å². The third-order valence-corrected chi connectivity index (χ3v) is 9.10. The zero-order valence-corrected chi connectivity index (χ0v) is 18.3. The summed E-state index contributed by atoms with van der Waals surface area (Å²) in [6, 6.07) is 10.3. The summed E-state index contributed by atoms with van der Waals surface area (Å²) in [6.07, 6.45) is 15.6. The molecule has 30 heavy (non-hydrogen) atoms. The van der Waals surface area contributed by atoms with Crippen LogP contribution in [0.2, 0.25) is 0 Å². The van der Waals surface area contributed by atoms with E-state index in [4.69, 9.17) is 0 Å². The van der Waals surface area contributed by atoms with Crippen LogP contribution in [0.4, 0.5) is 0 Å². The second-order valence-corrected chi connectivity index (χ2v) is 10.6. The topological polar surface area (TPSA) is 37.3 Å². The van der Waals surface area contributed by atoms with Gasteiger partial charge in [0.15, 0.2) is 5.78 Å². The molecule has 0 amide bonds. The highest BCUT2D eigenvalue weighted by atomic mass is 16.3. The monoisotopic (exact) mass is 402 g/mol. The second-order valence-electron chi connectivity index (χ2n) is 10.6. The Morgan fingerprint density at radius 1 is 1.00 bits per heavy atom. The van der Waals surface area contributed by atoms with Crippen LogP contribution in [0, 0.1) is 28.6 Å². The maximum Gasteiger partial charge on any atom is 0.165 e. The average molecular weight is 403 g/mol. The van der Waals surface area contributed by atoms with Crippen LogP contribution < -0.4 is 0 Å². The first-order valence-corrected chi connectivity index (χ1v) is 11.8. The Bertz CT molecular complexity index is 923. The van der Waals surface area contributed by atoms with Gasteiger partial charge in [-0.25, -0.2) is 0 Å². The van der Waals surface area contributed by atoms with E-state index in [0.29, 0.717) is 23.5 Å². The van der Waals surface area contributed by atoms with Crippen molar-refractivity contribution < 1.29 is 9.90 Å². The Balaban J connectivity index is 1.41. The van der Waals surface area contributed by atoms with Gasteiger partial charge in [0.25, 0.3) is 0 Å². The van der Waals surface area contributed by atoms with Gasteiger partial charge in [-0.3, -0.25) is 4.79 Å². The molecule has 158 valence electrons. The van der Waals surface area contributed by atoms with Crippen LogP contribution in [-0.2, 0) is 4.79 Å². The molecule has 5 rings (SSSR count). The highest BCUT2D eigenvalue weighted by Crippen LogP contribution is 2.64. The fourth-order valence-electron chi connectivity index (χ4n) is 7.30. The zero-order chi connectivity index (χ0) is 20.9. The van der Waals surface area contributed by atoms with Crippen molar-refractivity contribution in [3.63, 3.8) is 0 Å². The molecule has 2 heteroatoms. The summed E-state index contributed by atoms with van der Waals surface area (Å²) in [5.41, 5.74) is 3.72. The number of hydrogen-bond acceptors (Lipinski definition) is 2. The van der Waals surface area contributed by atoms with Gasteiger partial charge >= 0.3 is 0 Å². The zero-order valence-electron chi connectivity index (χ0n) is 18.3. The van der Waals surface area contributed by atoms with Crippen LogP contribution in [0.5, 0.6) is 0 Å². The highest BCUT2D eigenvalue weighted by Gasteiger charge is 2.59. The van der Waals surface area contributed by atoms with Crippen molar-refractivity contribution in [1.82, 2.24) is 0 Å². The van der Waals surface area contributed by atoms with Crippen LogP contribution in [0.1, 0.15) is 64.4 Å². The Kier molecular flexibility index (Phi) is 4.89. The number of carbonyl (C=O) groups is 1. The Hall–Kier alpha value is -1.93. The molecular formula is C28H34O2. The quantitative estimate of drug-likeness (QED) is 0.477. The summed E-state index contributed by atoms with van der Waals surface area (Å²) >= 11 is 0. The molecule has 0 heterocycles. The number of hydrogen-bond donors (Lipinski definition) is 1. The highest BCUT2D eigenvalue weighted by molar-refractivity contribution is 6.02. The number of ketones is 1. The minimum absolute atomic E-state index is 0.159. The molecule has 2 nitrogen and oxygen atoms in total. The minimum Gasteiger partial charge on any atom is -0.393 e. The molecule has 0 spiro atoms. The normalized spacial score (nSPS) is 42.0. The smallest absolute Gasteiger partial charge is 0.165 e. The number of carbonyl (C=O) groups excluding carboxylic acids is 1. The van der Waals surface area contributed by atoms with E-state index in [1.165, 1.54) is 11.1 Å². The summed E-state index contributed by atoms with van der Waals surface area (Å²) in [5, 5.41) is 10.2. The molecule has 0 bridgehead atoms. The van der Waals surface area contributed by atoms with Gasteiger partial charge in [-0.1, -0.05) is 74.1 Å². The maximum absolute atomic E-state index is 13.4. The number of allylic oxidation sites excluding steroid dienone is 4. The van der Waals surface area contributed by atoms with E-state index in [0.717, 1.165) is 50.5 Å². The largest absolute Gasteiger partial charge is 0.393 e. The summed E-state index contributed by atoms with van der Waals surface area (Å²) < 4.78 is 0. The van der Waals surface area contributed by atoms with Crippen molar-refractivity contribution in [3.8, 4) is 0 Å². The molecule has 3 saturated carbocycles. The van der Waals surface area contributed by atoms with Gasteiger partial charge in [0.05, 0.1) is 6.10 Å². The predicted molar refractivity (Wildman–Crippen MR) is 122 cm³/mol. The number of aliphatic hydroxyl groups is 1. The summed E-state index contributed by atoms with van der Waals surface area (Å²) in [6.45, 7) is 4.69. The second kappa shape index (κ2) is 7.34. The first-order chi connectivity index (χ1) is 14.4. The van der Waals surface area contributed by atoms with Crippen molar-refractivity contribution in [2.75, 3.05) is 0 Å². The van der Waals surface area contributed by atoms with Gasteiger partial charge in [0.1, 0.15) is 0 Å². The lowest BCUT2D eigenvalue weighted by molar-refractivity contribution is -0.130. The van der Waals surface area contributed by atoms with Crippen LogP contribution in [0.15, 0.2) is 59.7 Å². The first-order valence-electron chi connectivity index (χ1n) is 11.8. The lowest BCUT2D eigenvalue weighted by atomic mass is 9.48. The molecule has 1 N–H and O–H groups in total. The van der Waals surface area contributed by atoms with Crippen molar-refractivity contribution in [2.24, 2.45) is 28.6 Å². The number of fused-ring (bicyclic) bond motifs is 5. The summed E-state index contributed by atoms with van der Waals surface area (Å²) in [5.74, 6) is 2.11. The average Bonchev–Trinajstić information content (AvgIpc) is 3.00. The fourth-order valence-corrected chi connectivity index (χ4v) is 7.30. The molecule has 0 radical (unpaired) electrons. The van der Waals surface area contributed by atoms with Crippen LogP contribution in [-0.4, -0.2) is 17.0 Å². The van der Waals surface area contributed by atoms with E-state index >= 15 is 0 Å². The molecule has 3 unspecified atom stereocenters. The lowest BCUT2D eigenvalue weighted by Crippen LogP contribution is -2.50. The molecule has 0 aromatic heterocycles. The van der Waals surface area contributed by atoms with Gasteiger partial charge in [0.2, 0.25) is 0 Å². The van der Waals surface area contributed by atoms with Crippen molar-refractivity contribution >= 4 is 11.9 Å². The minimum atomic E-state index is -0.191. The molecule has 4 aliphatic rings. The maximum atomic E-state index is 13.4. The third-order valence-electron chi connectivity index (χ3n) is 9.10. The number of Topliss-reactive ketones (excluding diaryl/α,β-unsaturated/α-hetero) is 1. The molecular weight excluding hydrogens is 368 g/mol. The van der Waals surface area contributed by atoms with Gasteiger partial charge in [-0.2, -0.15) is 0 Å². The van der Waals surface area contributed by atoms with Crippen LogP contribution >= 0.6 is 0 Å². The SMILES string of the molecule is C[C@]12CC[C@H](O)CC1=CCC1C2CC[C@]2(C)C(=O)/C(=C/C=C/c3ccccc3)CC12. The standard InChI is InChI=1S/C28H34O2/c1-27-15-13-22(29)18-21(27)11-12-23-24(27)14-16-28(2)25(23)17-20(26(28)30)10-6-9-19-7-4-3-5-8-19/h3-11,22-25,29H,12-18H2,1-2H3/b9-6+,20-10+/t22-,23?,24?,25?,27-,28-/m0/s1. The van der Waals surface area contributed by atoms with Crippen LogP contribution in [0.25, 0.3) is 6.08 Å². The van der Waals surface area contributed by atoms with E-state index in [-0.39, 0.29) is 16.9 Å². The van der Waals surface area contributed by atoms with Crippen molar-refractivity contribution in [3.05, 3.63) is 65.3 Å².